The normalized spacial score (nSPS) is 11.5. The largest absolute Gasteiger partial charge is 0.361 e. The monoisotopic (exact) mass is 244 g/mol. The van der Waals surface area contributed by atoms with E-state index < -0.39 is 5.41 Å². The topological polar surface area (TPSA) is 55.1 Å². The summed E-state index contributed by atoms with van der Waals surface area (Å²) in [7, 11) is 0. The lowest BCUT2D eigenvalue weighted by molar-refractivity contribution is -0.128. The van der Waals surface area contributed by atoms with Gasteiger partial charge in [0.25, 0.3) is 0 Å². The summed E-state index contributed by atoms with van der Waals surface area (Å²) in [6.07, 6.45) is 0.644. The maximum Gasteiger partial charge on any atom is 0.226 e. The van der Waals surface area contributed by atoms with Gasteiger partial charge in [0.1, 0.15) is 5.76 Å². The summed E-state index contributed by atoms with van der Waals surface area (Å²) in [6, 6.07) is 1.86. The van der Waals surface area contributed by atoms with Crippen LogP contribution in [-0.4, -0.2) is 23.5 Å². The minimum atomic E-state index is -0.529. The highest BCUT2D eigenvalue weighted by Gasteiger charge is 2.25. The highest BCUT2D eigenvalue weighted by atomic mass is 35.5. The van der Waals surface area contributed by atoms with Crippen LogP contribution in [0.1, 0.15) is 25.3 Å². The molecule has 0 aliphatic heterocycles. The molecule has 0 atom stereocenters. The van der Waals surface area contributed by atoms with Crippen LogP contribution in [0.2, 0.25) is 0 Å². The summed E-state index contributed by atoms with van der Waals surface area (Å²) in [5.41, 5.74) is 0.321. The van der Waals surface area contributed by atoms with E-state index >= 15 is 0 Å². The second-order valence-corrected chi connectivity index (χ2v) is 4.73. The maximum absolute atomic E-state index is 11.6. The number of halogens is 1. The molecule has 1 N–H and O–H groups in total. The van der Waals surface area contributed by atoms with Gasteiger partial charge in [-0.3, -0.25) is 4.79 Å². The van der Waals surface area contributed by atoms with E-state index in [2.05, 4.69) is 10.5 Å². The van der Waals surface area contributed by atoms with E-state index in [-0.39, 0.29) is 5.91 Å². The number of hydrogen-bond donors (Lipinski definition) is 1. The Hall–Kier alpha value is -1.03. The van der Waals surface area contributed by atoms with Gasteiger partial charge in [-0.15, -0.1) is 11.6 Å². The molecule has 0 radical (unpaired) electrons. The van der Waals surface area contributed by atoms with Crippen LogP contribution in [0, 0.1) is 12.3 Å². The van der Waals surface area contributed by atoms with Gasteiger partial charge in [0.05, 0.1) is 11.1 Å². The first-order valence-corrected chi connectivity index (χ1v) is 5.75. The quantitative estimate of drug-likeness (QED) is 0.805. The summed E-state index contributed by atoms with van der Waals surface area (Å²) >= 11 is 5.70. The number of carbonyl (C=O) groups is 1. The van der Waals surface area contributed by atoms with Crippen LogP contribution in [0.15, 0.2) is 10.6 Å². The second-order valence-electron chi connectivity index (χ2n) is 4.46. The first-order chi connectivity index (χ1) is 7.45. The standard InChI is InChI=1S/C11H17ClN2O2/c1-8-6-9(16-14-8)4-5-13-10(15)11(2,3)7-12/h6H,4-5,7H2,1-3H3,(H,13,15). The summed E-state index contributed by atoms with van der Waals surface area (Å²) in [4.78, 5) is 11.6. The molecule has 0 spiro atoms. The number of hydrogen-bond acceptors (Lipinski definition) is 3. The van der Waals surface area contributed by atoms with Crippen molar-refractivity contribution in [2.45, 2.75) is 27.2 Å². The lowest BCUT2D eigenvalue weighted by Gasteiger charge is -2.19. The Morgan fingerprint density at radius 1 is 1.62 bits per heavy atom. The lowest BCUT2D eigenvalue weighted by atomic mass is 9.95. The van der Waals surface area contributed by atoms with Crippen molar-refractivity contribution >= 4 is 17.5 Å². The third kappa shape index (κ3) is 3.52. The molecule has 4 nitrogen and oxygen atoms in total. The lowest BCUT2D eigenvalue weighted by Crippen LogP contribution is -2.39. The summed E-state index contributed by atoms with van der Waals surface area (Å²) in [5, 5.41) is 6.59. The number of nitrogens with one attached hydrogen (secondary N) is 1. The average molecular weight is 245 g/mol. The Kier molecular flexibility index (Phi) is 4.35. The molecule has 16 heavy (non-hydrogen) atoms. The Morgan fingerprint density at radius 2 is 2.31 bits per heavy atom. The van der Waals surface area contributed by atoms with Crippen molar-refractivity contribution in [3.05, 3.63) is 17.5 Å². The zero-order valence-corrected chi connectivity index (χ0v) is 10.6. The molecule has 0 fully saturated rings. The molecule has 1 aromatic rings. The number of aromatic nitrogens is 1. The van der Waals surface area contributed by atoms with Crippen molar-refractivity contribution in [1.29, 1.82) is 0 Å². The fourth-order valence-corrected chi connectivity index (χ4v) is 1.25. The molecule has 90 valence electrons. The van der Waals surface area contributed by atoms with Crippen molar-refractivity contribution in [2.75, 3.05) is 12.4 Å². The predicted molar refractivity (Wildman–Crippen MR) is 62.5 cm³/mol. The Balaban J connectivity index is 2.33. The van der Waals surface area contributed by atoms with Gasteiger partial charge in [0, 0.05) is 24.9 Å². The van der Waals surface area contributed by atoms with E-state index in [0.29, 0.717) is 18.8 Å². The summed E-state index contributed by atoms with van der Waals surface area (Å²) in [5.74, 6) is 1.04. The van der Waals surface area contributed by atoms with Crippen molar-refractivity contribution < 1.29 is 9.32 Å². The van der Waals surface area contributed by atoms with Gasteiger partial charge in [-0.2, -0.15) is 0 Å². The van der Waals surface area contributed by atoms with E-state index in [0.717, 1.165) is 11.5 Å². The van der Waals surface area contributed by atoms with Gasteiger partial charge in [-0.25, -0.2) is 0 Å². The van der Waals surface area contributed by atoms with Gasteiger partial charge in [-0.05, 0) is 20.8 Å². The molecule has 0 aliphatic carbocycles. The Bertz CT molecular complexity index is 361. The van der Waals surface area contributed by atoms with Crippen molar-refractivity contribution in [3.63, 3.8) is 0 Å². The van der Waals surface area contributed by atoms with Gasteiger partial charge in [0.2, 0.25) is 5.91 Å². The van der Waals surface area contributed by atoms with E-state index in [4.69, 9.17) is 16.1 Å². The van der Waals surface area contributed by atoms with Crippen LogP contribution in [0.3, 0.4) is 0 Å². The van der Waals surface area contributed by atoms with Crippen molar-refractivity contribution in [1.82, 2.24) is 10.5 Å². The molecule has 0 aromatic carbocycles. The zero-order valence-electron chi connectivity index (χ0n) is 9.84. The third-order valence-electron chi connectivity index (χ3n) is 2.28. The molecule has 0 unspecified atom stereocenters. The summed E-state index contributed by atoms with van der Waals surface area (Å²) < 4.78 is 5.03. The highest BCUT2D eigenvalue weighted by molar-refractivity contribution is 6.19. The van der Waals surface area contributed by atoms with Crippen LogP contribution in [0.5, 0.6) is 0 Å². The fraction of sp³-hybridized carbons (Fsp3) is 0.636. The minimum absolute atomic E-state index is 0.0428. The Morgan fingerprint density at radius 3 is 2.81 bits per heavy atom. The molecule has 1 amide bonds. The second kappa shape index (κ2) is 5.34. The molecule has 1 rings (SSSR count). The number of amides is 1. The highest BCUT2D eigenvalue weighted by Crippen LogP contribution is 2.16. The van der Waals surface area contributed by atoms with Gasteiger partial charge < -0.3 is 9.84 Å². The molecular formula is C11H17ClN2O2. The van der Waals surface area contributed by atoms with Crippen LogP contribution < -0.4 is 5.32 Å². The van der Waals surface area contributed by atoms with Crippen LogP contribution in [-0.2, 0) is 11.2 Å². The van der Waals surface area contributed by atoms with E-state index in [1.165, 1.54) is 0 Å². The molecule has 0 bridgehead atoms. The van der Waals surface area contributed by atoms with Gasteiger partial charge in [-0.1, -0.05) is 5.16 Å². The maximum atomic E-state index is 11.6. The molecule has 1 aromatic heterocycles. The number of aryl methyl sites for hydroxylation is 1. The van der Waals surface area contributed by atoms with Gasteiger partial charge >= 0.3 is 0 Å². The molecule has 5 heteroatoms. The predicted octanol–water partition coefficient (Wildman–Crippen LogP) is 1.91. The molecule has 0 saturated carbocycles. The smallest absolute Gasteiger partial charge is 0.226 e. The van der Waals surface area contributed by atoms with Crippen LogP contribution >= 0.6 is 11.6 Å². The molecule has 0 saturated heterocycles. The van der Waals surface area contributed by atoms with Crippen LogP contribution in [0.4, 0.5) is 0 Å². The average Bonchev–Trinajstić information content (AvgIpc) is 2.64. The minimum Gasteiger partial charge on any atom is -0.361 e. The number of nitrogens with zero attached hydrogens (tertiary/aromatic N) is 1. The SMILES string of the molecule is Cc1cc(CCNC(=O)C(C)(C)CCl)on1. The molecule has 0 aliphatic rings. The molecular weight excluding hydrogens is 228 g/mol. The number of alkyl halides is 1. The van der Waals surface area contributed by atoms with E-state index in [1.807, 2.05) is 26.8 Å². The fourth-order valence-electron chi connectivity index (χ4n) is 1.13. The third-order valence-corrected chi connectivity index (χ3v) is 2.95. The Labute approximate surface area is 100 Å². The van der Waals surface area contributed by atoms with Crippen molar-refractivity contribution in [2.24, 2.45) is 5.41 Å². The zero-order chi connectivity index (χ0) is 12.2. The number of carbonyl (C=O) groups excluding carboxylic acids is 1. The van der Waals surface area contributed by atoms with E-state index in [1.54, 1.807) is 0 Å². The first kappa shape index (κ1) is 13.0. The number of rotatable bonds is 5. The summed E-state index contributed by atoms with van der Waals surface area (Å²) in [6.45, 7) is 6.03. The first-order valence-electron chi connectivity index (χ1n) is 5.22. The van der Waals surface area contributed by atoms with Crippen LogP contribution in [0.25, 0.3) is 0 Å². The van der Waals surface area contributed by atoms with Gasteiger partial charge in [0.15, 0.2) is 0 Å². The van der Waals surface area contributed by atoms with Crippen molar-refractivity contribution in [3.8, 4) is 0 Å². The van der Waals surface area contributed by atoms with E-state index in [9.17, 15) is 4.79 Å². The molecule has 1 heterocycles.